The third-order valence-corrected chi connectivity index (χ3v) is 9.19. The Hall–Kier alpha value is -1.62. The van der Waals surface area contributed by atoms with E-state index in [1.807, 2.05) is 0 Å². The SMILES string of the molecule is CC1=CN([C@@H]2O[C@H](COP(=O)(O)OP(=O)(O)OP(=O)(O)O)[C@H](O)[C@@H]2O)C(=O)N(CCc2ccc(F)cc2F)C1. The summed E-state index contributed by atoms with van der Waals surface area (Å²) in [7, 11) is -16.9. The standard InChI is InChI=1S/C18H25F2N2O14P3/c1-10-7-21(5-4-11-2-3-12(19)6-13(11)20)18(25)22(8-10)17-16(24)15(23)14(34-17)9-33-38(29,30)36-39(31,32)35-37(26,27)28/h2-3,6,8,14-17,23-24H,4-5,7,9H2,1H3,(H,29,30)(H,31,32)(H2,26,27,28)/t14-,15+,16+,17-/m1/s1. The number of hydrogen-bond donors (Lipinski definition) is 6. The van der Waals surface area contributed by atoms with E-state index >= 15 is 0 Å². The van der Waals surface area contributed by atoms with E-state index in [-0.39, 0.29) is 25.1 Å². The number of hydrogen-bond acceptors (Lipinski definition) is 10. The minimum atomic E-state index is -5.78. The molecule has 0 aromatic heterocycles. The van der Waals surface area contributed by atoms with Crippen molar-refractivity contribution in [1.82, 2.24) is 9.80 Å². The van der Waals surface area contributed by atoms with Gasteiger partial charge in [-0.1, -0.05) is 6.07 Å². The van der Waals surface area contributed by atoms with Crippen molar-refractivity contribution in [2.24, 2.45) is 0 Å². The van der Waals surface area contributed by atoms with E-state index in [0.717, 1.165) is 11.0 Å². The molecule has 6 atom stereocenters. The molecule has 2 unspecified atom stereocenters. The van der Waals surface area contributed by atoms with Gasteiger partial charge < -0.3 is 39.4 Å². The molecule has 2 aliphatic rings. The predicted molar refractivity (Wildman–Crippen MR) is 123 cm³/mol. The van der Waals surface area contributed by atoms with Crippen LogP contribution in [0, 0.1) is 11.6 Å². The van der Waals surface area contributed by atoms with Crippen LogP contribution in [0.5, 0.6) is 0 Å². The maximum atomic E-state index is 14.0. The van der Waals surface area contributed by atoms with Crippen molar-refractivity contribution in [2.45, 2.75) is 37.9 Å². The number of carbonyl (C=O) groups excluding carboxylic acids is 1. The average Bonchev–Trinajstić information content (AvgIpc) is 3.05. The summed E-state index contributed by atoms with van der Waals surface area (Å²) >= 11 is 0. The minimum Gasteiger partial charge on any atom is -0.387 e. The Balaban J connectivity index is 1.64. The maximum absolute atomic E-state index is 14.0. The number of phosphoric ester groups is 1. The van der Waals surface area contributed by atoms with E-state index in [1.165, 1.54) is 17.2 Å². The lowest BCUT2D eigenvalue weighted by molar-refractivity contribution is -0.0696. The number of amides is 2. The Morgan fingerprint density at radius 2 is 1.72 bits per heavy atom. The molecule has 2 aliphatic heterocycles. The smallest absolute Gasteiger partial charge is 0.387 e. The third-order valence-electron chi connectivity index (χ3n) is 5.39. The summed E-state index contributed by atoms with van der Waals surface area (Å²) in [6, 6.07) is 2.30. The molecule has 0 radical (unpaired) electrons. The van der Waals surface area contributed by atoms with Gasteiger partial charge in [0.2, 0.25) is 0 Å². The first-order valence-corrected chi connectivity index (χ1v) is 15.4. The van der Waals surface area contributed by atoms with Crippen molar-refractivity contribution in [2.75, 3.05) is 19.7 Å². The van der Waals surface area contributed by atoms with E-state index in [2.05, 4.69) is 13.1 Å². The molecule has 1 saturated heterocycles. The Morgan fingerprint density at radius 3 is 2.33 bits per heavy atom. The molecule has 16 nitrogen and oxygen atoms in total. The summed E-state index contributed by atoms with van der Waals surface area (Å²) in [5.41, 5.74) is 0.748. The summed E-state index contributed by atoms with van der Waals surface area (Å²) in [6.45, 7) is 0.690. The highest BCUT2D eigenvalue weighted by molar-refractivity contribution is 7.66. The van der Waals surface area contributed by atoms with Crippen LogP contribution in [0.4, 0.5) is 13.6 Å². The molecule has 0 saturated carbocycles. The van der Waals surface area contributed by atoms with Crippen molar-refractivity contribution in [1.29, 1.82) is 0 Å². The number of aliphatic hydroxyl groups is 2. The molecular weight excluding hydrogens is 599 g/mol. The van der Waals surface area contributed by atoms with Gasteiger partial charge in [-0.15, -0.1) is 0 Å². The first-order valence-electron chi connectivity index (χ1n) is 10.9. The number of nitrogens with zero attached hydrogens (tertiary/aromatic N) is 2. The summed E-state index contributed by atoms with van der Waals surface area (Å²) < 4.78 is 78.2. The molecule has 0 bridgehead atoms. The largest absolute Gasteiger partial charge is 0.490 e. The zero-order chi connectivity index (χ0) is 29.3. The van der Waals surface area contributed by atoms with Gasteiger partial charge >= 0.3 is 29.5 Å². The van der Waals surface area contributed by atoms with Crippen molar-refractivity contribution < 1.29 is 74.9 Å². The number of carbonyl (C=O) groups is 1. The molecule has 0 aliphatic carbocycles. The van der Waals surface area contributed by atoms with E-state index in [0.29, 0.717) is 11.6 Å². The number of aliphatic hydroxyl groups excluding tert-OH is 2. The van der Waals surface area contributed by atoms with Crippen LogP contribution in [0.25, 0.3) is 0 Å². The Bertz CT molecular complexity index is 1260. The van der Waals surface area contributed by atoms with Gasteiger partial charge in [0.05, 0.1) is 6.61 Å². The van der Waals surface area contributed by atoms with Crippen molar-refractivity contribution in [3.8, 4) is 0 Å². The van der Waals surface area contributed by atoms with Gasteiger partial charge in [0.15, 0.2) is 6.23 Å². The molecule has 220 valence electrons. The summed E-state index contributed by atoms with van der Waals surface area (Å²) in [5, 5.41) is 20.8. The van der Waals surface area contributed by atoms with Gasteiger partial charge in [0, 0.05) is 25.4 Å². The molecular formula is C18H25F2N2O14P3. The molecule has 2 amide bonds. The van der Waals surface area contributed by atoms with Crippen LogP contribution in [0.3, 0.4) is 0 Å². The van der Waals surface area contributed by atoms with Crippen LogP contribution in [0.15, 0.2) is 30.0 Å². The first kappa shape index (κ1) is 31.9. The summed E-state index contributed by atoms with van der Waals surface area (Å²) in [5.74, 6) is -1.55. The Morgan fingerprint density at radius 1 is 1.05 bits per heavy atom. The average molecular weight is 624 g/mol. The monoisotopic (exact) mass is 624 g/mol. The number of ether oxygens (including phenoxy) is 1. The highest BCUT2D eigenvalue weighted by Gasteiger charge is 2.49. The third kappa shape index (κ3) is 8.68. The zero-order valence-corrected chi connectivity index (χ0v) is 22.6. The number of phosphoric acid groups is 3. The second-order valence-electron chi connectivity index (χ2n) is 8.51. The number of urea groups is 1. The van der Waals surface area contributed by atoms with Crippen molar-refractivity contribution in [3.63, 3.8) is 0 Å². The molecule has 2 heterocycles. The van der Waals surface area contributed by atoms with E-state index in [9.17, 15) is 47.3 Å². The summed E-state index contributed by atoms with van der Waals surface area (Å²) in [4.78, 5) is 51.2. The molecule has 39 heavy (non-hydrogen) atoms. The molecule has 1 aromatic rings. The van der Waals surface area contributed by atoms with Crippen LogP contribution >= 0.6 is 23.5 Å². The minimum absolute atomic E-state index is 0.0100. The van der Waals surface area contributed by atoms with Gasteiger partial charge in [-0.05, 0) is 30.5 Å². The normalized spacial score (nSPS) is 27.3. The van der Waals surface area contributed by atoms with Crippen molar-refractivity contribution >= 4 is 29.5 Å². The van der Waals surface area contributed by atoms with Gasteiger partial charge in [-0.25, -0.2) is 27.3 Å². The van der Waals surface area contributed by atoms with Crippen LogP contribution in [-0.4, -0.2) is 89.9 Å². The molecule has 1 fully saturated rings. The number of rotatable bonds is 11. The lowest BCUT2D eigenvalue weighted by atomic mass is 10.1. The highest BCUT2D eigenvalue weighted by atomic mass is 31.3. The molecule has 21 heteroatoms. The summed E-state index contributed by atoms with van der Waals surface area (Å²) in [6.07, 6.45) is -5.38. The van der Waals surface area contributed by atoms with E-state index in [4.69, 9.17) is 14.5 Å². The van der Waals surface area contributed by atoms with Crippen LogP contribution in [-0.2, 0) is 38.0 Å². The lowest BCUT2D eigenvalue weighted by Gasteiger charge is -2.37. The van der Waals surface area contributed by atoms with Crippen molar-refractivity contribution in [3.05, 3.63) is 47.2 Å². The van der Waals surface area contributed by atoms with Gasteiger partial charge in [-0.2, -0.15) is 8.62 Å². The molecule has 6 N–H and O–H groups in total. The number of benzene rings is 1. The van der Waals surface area contributed by atoms with Crippen LogP contribution in [0.2, 0.25) is 0 Å². The van der Waals surface area contributed by atoms with Gasteiger partial charge in [0.1, 0.15) is 29.9 Å². The topological polar surface area (TPSA) is 233 Å². The van der Waals surface area contributed by atoms with Crippen LogP contribution < -0.4 is 0 Å². The second-order valence-corrected chi connectivity index (χ2v) is 12.9. The lowest BCUT2D eigenvalue weighted by Crippen LogP contribution is -2.53. The van der Waals surface area contributed by atoms with Crippen LogP contribution in [0.1, 0.15) is 12.5 Å². The zero-order valence-electron chi connectivity index (χ0n) is 19.9. The highest BCUT2D eigenvalue weighted by Crippen LogP contribution is 2.66. The fourth-order valence-electron chi connectivity index (χ4n) is 3.77. The van der Waals surface area contributed by atoms with Gasteiger partial charge in [-0.3, -0.25) is 9.42 Å². The first-order chi connectivity index (χ1) is 17.9. The maximum Gasteiger partial charge on any atom is 0.490 e. The fraction of sp³-hybridized carbons (Fsp3) is 0.500. The Labute approximate surface area is 219 Å². The molecule has 0 spiro atoms. The fourth-order valence-corrected chi connectivity index (χ4v) is 6.80. The molecule has 3 rings (SSSR count). The quantitative estimate of drug-likeness (QED) is 0.188. The van der Waals surface area contributed by atoms with E-state index < -0.39 is 72.3 Å². The molecule has 1 aromatic carbocycles. The van der Waals surface area contributed by atoms with Gasteiger partial charge in [0.25, 0.3) is 0 Å². The van der Waals surface area contributed by atoms with E-state index in [1.54, 1.807) is 6.92 Å². The predicted octanol–water partition coefficient (Wildman–Crippen LogP) is 0.939. The Kier molecular flexibility index (Phi) is 9.89. The second kappa shape index (κ2) is 12.1. The number of halogens is 2.